The first kappa shape index (κ1) is 18.0. The van der Waals surface area contributed by atoms with E-state index in [9.17, 15) is 0 Å². The van der Waals surface area contributed by atoms with E-state index in [0.717, 1.165) is 0 Å². The van der Waals surface area contributed by atoms with Gasteiger partial charge in [0, 0.05) is 5.54 Å². The fourth-order valence-electron chi connectivity index (χ4n) is 3.62. The summed E-state index contributed by atoms with van der Waals surface area (Å²) in [5.74, 6) is 0. The molecular formula is C19H39N. The Balaban J connectivity index is 2.08. The molecule has 0 saturated heterocycles. The lowest BCUT2D eigenvalue weighted by Crippen LogP contribution is -2.39. The Hall–Kier alpha value is -0.0400. The first-order valence-corrected chi connectivity index (χ1v) is 9.26. The van der Waals surface area contributed by atoms with Crippen LogP contribution in [0.4, 0.5) is 0 Å². The van der Waals surface area contributed by atoms with Crippen molar-refractivity contribution in [3.63, 3.8) is 0 Å². The Bertz CT molecular complexity index is 246. The Morgan fingerprint density at radius 2 is 1.35 bits per heavy atom. The lowest BCUT2D eigenvalue weighted by atomic mass is 9.82. The normalized spacial score (nSPS) is 26.4. The highest BCUT2D eigenvalue weighted by molar-refractivity contribution is 4.89. The third kappa shape index (κ3) is 7.67. The maximum absolute atomic E-state index is 6.66. The van der Waals surface area contributed by atoms with Gasteiger partial charge in [0.1, 0.15) is 0 Å². The van der Waals surface area contributed by atoms with E-state index >= 15 is 0 Å². The SMILES string of the molecule is CCCCCCCCCCC1(N)CCCC(C)(C)CC1. The molecule has 0 amide bonds. The van der Waals surface area contributed by atoms with Gasteiger partial charge in [0.2, 0.25) is 0 Å². The Morgan fingerprint density at radius 3 is 2.00 bits per heavy atom. The molecule has 120 valence electrons. The van der Waals surface area contributed by atoms with E-state index < -0.39 is 0 Å². The molecule has 0 bridgehead atoms. The molecular weight excluding hydrogens is 242 g/mol. The predicted octanol–water partition coefficient (Wildman–Crippen LogP) is 6.21. The molecule has 0 aromatic rings. The number of hydrogen-bond donors (Lipinski definition) is 1. The summed E-state index contributed by atoms with van der Waals surface area (Å²) < 4.78 is 0. The highest BCUT2D eigenvalue weighted by Gasteiger charge is 2.31. The van der Waals surface area contributed by atoms with Gasteiger partial charge >= 0.3 is 0 Å². The summed E-state index contributed by atoms with van der Waals surface area (Å²) in [7, 11) is 0. The van der Waals surface area contributed by atoms with Crippen molar-refractivity contribution in [1.29, 1.82) is 0 Å². The molecule has 1 nitrogen and oxygen atoms in total. The summed E-state index contributed by atoms with van der Waals surface area (Å²) in [6, 6.07) is 0. The molecule has 1 saturated carbocycles. The summed E-state index contributed by atoms with van der Waals surface area (Å²) >= 11 is 0. The van der Waals surface area contributed by atoms with E-state index in [0.29, 0.717) is 5.41 Å². The van der Waals surface area contributed by atoms with Crippen molar-refractivity contribution < 1.29 is 0 Å². The van der Waals surface area contributed by atoms with Crippen LogP contribution in [0.15, 0.2) is 0 Å². The van der Waals surface area contributed by atoms with Crippen molar-refractivity contribution in [3.05, 3.63) is 0 Å². The monoisotopic (exact) mass is 281 g/mol. The lowest BCUT2D eigenvalue weighted by molar-refractivity contribution is 0.287. The fraction of sp³-hybridized carbons (Fsp3) is 1.00. The van der Waals surface area contributed by atoms with Gasteiger partial charge in [0.05, 0.1) is 0 Å². The minimum absolute atomic E-state index is 0.163. The van der Waals surface area contributed by atoms with E-state index in [1.165, 1.54) is 89.9 Å². The van der Waals surface area contributed by atoms with Crippen LogP contribution in [-0.2, 0) is 0 Å². The van der Waals surface area contributed by atoms with E-state index in [1.807, 2.05) is 0 Å². The second-order valence-electron chi connectivity index (χ2n) is 8.11. The first-order chi connectivity index (χ1) is 9.47. The van der Waals surface area contributed by atoms with Crippen molar-refractivity contribution in [2.75, 3.05) is 0 Å². The van der Waals surface area contributed by atoms with Crippen LogP contribution in [0.2, 0.25) is 0 Å². The van der Waals surface area contributed by atoms with E-state index in [1.54, 1.807) is 0 Å². The Morgan fingerprint density at radius 1 is 0.750 bits per heavy atom. The summed E-state index contributed by atoms with van der Waals surface area (Å²) in [5, 5.41) is 0. The standard InChI is InChI=1S/C19H39N/c1-4-5-6-7-8-9-10-11-14-19(20)15-12-13-18(2,3)16-17-19/h4-17,20H2,1-3H3. The molecule has 0 heterocycles. The van der Waals surface area contributed by atoms with Crippen LogP contribution in [0, 0.1) is 5.41 Å². The first-order valence-electron chi connectivity index (χ1n) is 9.26. The van der Waals surface area contributed by atoms with Gasteiger partial charge in [-0.1, -0.05) is 78.6 Å². The van der Waals surface area contributed by atoms with Gasteiger partial charge in [-0.2, -0.15) is 0 Å². The Kier molecular flexibility index (Phi) is 8.17. The van der Waals surface area contributed by atoms with Crippen LogP contribution in [0.25, 0.3) is 0 Å². The average molecular weight is 282 g/mol. The number of rotatable bonds is 9. The summed E-state index contributed by atoms with van der Waals surface area (Å²) in [6.07, 6.45) is 19.0. The second-order valence-corrected chi connectivity index (χ2v) is 8.11. The molecule has 0 spiro atoms. The molecule has 1 heteroatoms. The maximum Gasteiger partial charge on any atom is 0.0154 e. The van der Waals surface area contributed by atoms with Crippen LogP contribution < -0.4 is 5.73 Å². The zero-order chi connectivity index (χ0) is 14.9. The summed E-state index contributed by atoms with van der Waals surface area (Å²) in [5.41, 5.74) is 7.35. The minimum Gasteiger partial charge on any atom is -0.325 e. The molecule has 1 atom stereocenters. The van der Waals surface area contributed by atoms with Gasteiger partial charge in [0.15, 0.2) is 0 Å². The fourth-order valence-corrected chi connectivity index (χ4v) is 3.62. The van der Waals surface area contributed by atoms with E-state index in [2.05, 4.69) is 20.8 Å². The van der Waals surface area contributed by atoms with Crippen molar-refractivity contribution in [2.45, 2.75) is 116 Å². The van der Waals surface area contributed by atoms with Gasteiger partial charge in [-0.15, -0.1) is 0 Å². The van der Waals surface area contributed by atoms with Crippen LogP contribution in [0.1, 0.15) is 111 Å². The van der Waals surface area contributed by atoms with Crippen molar-refractivity contribution >= 4 is 0 Å². The van der Waals surface area contributed by atoms with E-state index in [4.69, 9.17) is 5.73 Å². The van der Waals surface area contributed by atoms with Gasteiger partial charge in [-0.3, -0.25) is 0 Å². The van der Waals surface area contributed by atoms with Crippen molar-refractivity contribution in [3.8, 4) is 0 Å². The zero-order valence-corrected chi connectivity index (χ0v) is 14.5. The van der Waals surface area contributed by atoms with Gasteiger partial charge < -0.3 is 5.73 Å². The smallest absolute Gasteiger partial charge is 0.0154 e. The Labute approximate surface area is 128 Å². The predicted molar refractivity (Wildman–Crippen MR) is 91.0 cm³/mol. The quantitative estimate of drug-likeness (QED) is 0.395. The van der Waals surface area contributed by atoms with Crippen molar-refractivity contribution in [2.24, 2.45) is 11.1 Å². The highest BCUT2D eigenvalue weighted by atomic mass is 14.7. The summed E-state index contributed by atoms with van der Waals surface area (Å²) in [6.45, 7) is 7.11. The third-order valence-corrected chi connectivity index (χ3v) is 5.36. The summed E-state index contributed by atoms with van der Waals surface area (Å²) in [4.78, 5) is 0. The zero-order valence-electron chi connectivity index (χ0n) is 14.5. The number of unbranched alkanes of at least 4 members (excludes halogenated alkanes) is 7. The molecule has 1 aliphatic carbocycles. The van der Waals surface area contributed by atoms with E-state index in [-0.39, 0.29) is 5.54 Å². The van der Waals surface area contributed by atoms with Crippen LogP contribution in [0.3, 0.4) is 0 Å². The van der Waals surface area contributed by atoms with Crippen molar-refractivity contribution in [1.82, 2.24) is 0 Å². The molecule has 2 N–H and O–H groups in total. The van der Waals surface area contributed by atoms with Gasteiger partial charge in [-0.05, 0) is 37.5 Å². The topological polar surface area (TPSA) is 26.0 Å². The molecule has 1 aliphatic rings. The second kappa shape index (κ2) is 9.07. The number of nitrogens with two attached hydrogens (primary N) is 1. The lowest BCUT2D eigenvalue weighted by Gasteiger charge is -2.29. The molecule has 1 rings (SSSR count). The third-order valence-electron chi connectivity index (χ3n) is 5.36. The maximum atomic E-state index is 6.66. The molecule has 1 unspecified atom stereocenters. The minimum atomic E-state index is 0.163. The average Bonchev–Trinajstić information content (AvgIpc) is 2.53. The molecule has 0 aromatic heterocycles. The highest BCUT2D eigenvalue weighted by Crippen LogP contribution is 2.38. The molecule has 0 aromatic carbocycles. The number of hydrogen-bond acceptors (Lipinski definition) is 1. The van der Waals surface area contributed by atoms with Crippen LogP contribution in [-0.4, -0.2) is 5.54 Å². The molecule has 0 radical (unpaired) electrons. The molecule has 1 fully saturated rings. The molecule has 0 aliphatic heterocycles. The van der Waals surface area contributed by atoms with Crippen LogP contribution >= 0.6 is 0 Å². The molecule has 20 heavy (non-hydrogen) atoms. The largest absolute Gasteiger partial charge is 0.325 e. The van der Waals surface area contributed by atoms with Crippen LogP contribution in [0.5, 0.6) is 0 Å². The van der Waals surface area contributed by atoms with Gasteiger partial charge in [-0.25, -0.2) is 0 Å². The van der Waals surface area contributed by atoms with Gasteiger partial charge in [0.25, 0.3) is 0 Å².